The van der Waals surface area contributed by atoms with Crippen molar-refractivity contribution in [3.05, 3.63) is 77.6 Å². The van der Waals surface area contributed by atoms with Crippen molar-refractivity contribution in [2.24, 2.45) is 0 Å². The zero-order valence-corrected chi connectivity index (χ0v) is 20.2. The summed E-state index contributed by atoms with van der Waals surface area (Å²) >= 11 is 0. The van der Waals surface area contributed by atoms with E-state index in [1.807, 2.05) is 6.08 Å². The summed E-state index contributed by atoms with van der Waals surface area (Å²) in [6.07, 6.45) is -3.39. The molecule has 2 unspecified atom stereocenters. The van der Waals surface area contributed by atoms with E-state index in [4.69, 9.17) is 0 Å². The standard InChI is InChI=1S/C27H29F6N3/c1-4-11-36-17(2)14-25(3,19-6-8-20(9-7-19)26(28,29)30)15-21(36)10-5-18-12-22(27(31,32)33)24-23(13-18)34-16-35-24/h4,6-9,12-13,16-17,21H,1,5,10-11,14-15H2,2-3H3,(H,34,35)/t17?,21?,25-/m1/s1. The predicted octanol–water partition coefficient (Wildman–Crippen LogP) is 7.53. The monoisotopic (exact) mass is 509 g/mol. The molecule has 36 heavy (non-hydrogen) atoms. The minimum Gasteiger partial charge on any atom is -0.345 e. The first kappa shape index (κ1) is 26.3. The molecule has 0 radical (unpaired) electrons. The highest BCUT2D eigenvalue weighted by Crippen LogP contribution is 2.43. The van der Waals surface area contributed by atoms with Crippen molar-refractivity contribution in [3.63, 3.8) is 0 Å². The number of hydrogen-bond donors (Lipinski definition) is 1. The molecule has 0 spiro atoms. The Labute approximate surface area is 206 Å². The second-order valence-electron chi connectivity index (χ2n) is 10.0. The molecule has 0 amide bonds. The van der Waals surface area contributed by atoms with Gasteiger partial charge in [-0.05, 0) is 73.4 Å². The second kappa shape index (κ2) is 9.57. The maximum Gasteiger partial charge on any atom is 0.418 e. The first-order valence-electron chi connectivity index (χ1n) is 11.9. The maximum absolute atomic E-state index is 13.6. The maximum atomic E-state index is 13.6. The van der Waals surface area contributed by atoms with Gasteiger partial charge in [-0.25, -0.2) is 4.98 Å². The van der Waals surface area contributed by atoms with Crippen molar-refractivity contribution in [2.75, 3.05) is 6.54 Å². The summed E-state index contributed by atoms with van der Waals surface area (Å²) in [6.45, 7) is 8.62. The Morgan fingerprint density at radius 1 is 1.08 bits per heavy atom. The van der Waals surface area contributed by atoms with Crippen LogP contribution < -0.4 is 0 Å². The largest absolute Gasteiger partial charge is 0.418 e. The van der Waals surface area contributed by atoms with Crippen LogP contribution in [0, 0.1) is 0 Å². The number of H-pyrrole nitrogens is 1. The molecule has 1 fully saturated rings. The Morgan fingerprint density at radius 3 is 2.39 bits per heavy atom. The van der Waals surface area contributed by atoms with Crippen LogP contribution >= 0.6 is 0 Å². The van der Waals surface area contributed by atoms with Crippen molar-refractivity contribution in [3.8, 4) is 0 Å². The third-order valence-corrected chi connectivity index (χ3v) is 7.37. The number of halogens is 6. The summed E-state index contributed by atoms with van der Waals surface area (Å²) in [5.41, 5.74) is -0.161. The van der Waals surface area contributed by atoms with E-state index in [1.54, 1.807) is 18.2 Å². The number of piperidine rings is 1. The van der Waals surface area contributed by atoms with Gasteiger partial charge in [0.25, 0.3) is 0 Å². The molecule has 0 bridgehead atoms. The van der Waals surface area contributed by atoms with Crippen LogP contribution in [0.1, 0.15) is 55.4 Å². The number of alkyl halides is 6. The zero-order valence-electron chi connectivity index (χ0n) is 20.2. The minimum atomic E-state index is -4.52. The summed E-state index contributed by atoms with van der Waals surface area (Å²) in [7, 11) is 0. The lowest BCUT2D eigenvalue weighted by Crippen LogP contribution is -2.52. The van der Waals surface area contributed by atoms with Gasteiger partial charge in [-0.15, -0.1) is 6.58 Å². The number of aryl methyl sites for hydroxylation is 1. The van der Waals surface area contributed by atoms with E-state index < -0.39 is 23.5 Å². The number of hydrogen-bond acceptors (Lipinski definition) is 2. The van der Waals surface area contributed by atoms with E-state index in [2.05, 4.69) is 35.3 Å². The molecule has 3 atom stereocenters. The number of nitrogens with one attached hydrogen (secondary N) is 1. The third-order valence-electron chi connectivity index (χ3n) is 7.37. The van der Waals surface area contributed by atoms with Crippen LogP contribution in [-0.4, -0.2) is 33.5 Å². The second-order valence-corrected chi connectivity index (χ2v) is 10.0. The van der Waals surface area contributed by atoms with E-state index in [1.165, 1.54) is 12.4 Å². The van der Waals surface area contributed by atoms with Crippen LogP contribution in [0.25, 0.3) is 11.0 Å². The van der Waals surface area contributed by atoms with Crippen LogP contribution in [0.15, 0.2) is 55.4 Å². The van der Waals surface area contributed by atoms with E-state index in [-0.39, 0.29) is 23.0 Å². The highest BCUT2D eigenvalue weighted by atomic mass is 19.4. The predicted molar refractivity (Wildman–Crippen MR) is 128 cm³/mol. The van der Waals surface area contributed by atoms with Gasteiger partial charge in [-0.1, -0.05) is 25.1 Å². The van der Waals surface area contributed by atoms with Crippen LogP contribution in [0.2, 0.25) is 0 Å². The lowest BCUT2D eigenvalue weighted by Gasteiger charge is -2.49. The number of rotatable bonds is 6. The molecule has 3 aromatic rings. The van der Waals surface area contributed by atoms with Crippen molar-refractivity contribution in [1.29, 1.82) is 0 Å². The lowest BCUT2D eigenvalue weighted by atomic mass is 9.68. The van der Waals surface area contributed by atoms with Gasteiger partial charge in [0, 0.05) is 18.6 Å². The molecule has 1 saturated heterocycles. The summed E-state index contributed by atoms with van der Waals surface area (Å²) < 4.78 is 80.1. The molecule has 1 aliphatic heterocycles. The van der Waals surface area contributed by atoms with Crippen LogP contribution in [0.3, 0.4) is 0 Å². The van der Waals surface area contributed by atoms with Gasteiger partial charge >= 0.3 is 12.4 Å². The molecule has 194 valence electrons. The van der Waals surface area contributed by atoms with Crippen LogP contribution in [0.5, 0.6) is 0 Å². The molecule has 4 rings (SSSR count). The molecule has 9 heteroatoms. The highest BCUT2D eigenvalue weighted by Gasteiger charge is 2.41. The number of nitrogens with zero attached hydrogens (tertiary/aromatic N) is 2. The molecule has 1 aliphatic rings. The summed E-state index contributed by atoms with van der Waals surface area (Å²) in [6, 6.07) is 8.36. The van der Waals surface area contributed by atoms with E-state index in [0.29, 0.717) is 36.9 Å². The summed E-state index contributed by atoms with van der Waals surface area (Å²) in [5, 5.41) is 0. The number of benzene rings is 2. The molecular weight excluding hydrogens is 480 g/mol. The van der Waals surface area contributed by atoms with Crippen molar-refractivity contribution in [1.82, 2.24) is 14.9 Å². The average molecular weight is 510 g/mol. The quantitative estimate of drug-likeness (QED) is 0.275. The van der Waals surface area contributed by atoms with Gasteiger partial charge in [0.1, 0.15) is 5.52 Å². The van der Waals surface area contributed by atoms with Crippen molar-refractivity contribution >= 4 is 11.0 Å². The molecule has 2 aromatic carbocycles. The summed E-state index contributed by atoms with van der Waals surface area (Å²) in [5.74, 6) is 0. The topological polar surface area (TPSA) is 31.9 Å². The van der Waals surface area contributed by atoms with Gasteiger partial charge in [-0.2, -0.15) is 26.3 Å². The van der Waals surface area contributed by atoms with Gasteiger partial charge in [0.2, 0.25) is 0 Å². The SMILES string of the molecule is C=CCN1C(C)C[C@@](C)(c2ccc(C(F)(F)F)cc2)CC1CCc1cc(C(F)(F)F)c2nc[nH]c2c1. The minimum absolute atomic E-state index is 0.0193. The van der Waals surface area contributed by atoms with E-state index in [0.717, 1.165) is 24.1 Å². The normalized spacial score (nSPS) is 23.8. The Balaban J connectivity index is 1.60. The fraction of sp³-hybridized carbons (Fsp3) is 0.444. The lowest BCUT2D eigenvalue weighted by molar-refractivity contribution is -0.138. The van der Waals surface area contributed by atoms with Gasteiger partial charge in [0.15, 0.2) is 0 Å². The first-order chi connectivity index (χ1) is 16.8. The average Bonchev–Trinajstić information content (AvgIpc) is 3.26. The molecule has 1 aromatic heterocycles. The van der Waals surface area contributed by atoms with E-state index >= 15 is 0 Å². The van der Waals surface area contributed by atoms with Crippen LogP contribution in [0.4, 0.5) is 26.3 Å². The number of aromatic nitrogens is 2. The third kappa shape index (κ3) is 5.31. The van der Waals surface area contributed by atoms with Gasteiger partial charge in [0.05, 0.1) is 23.0 Å². The molecular formula is C27H29F6N3. The van der Waals surface area contributed by atoms with Crippen molar-refractivity contribution < 1.29 is 26.3 Å². The van der Waals surface area contributed by atoms with Gasteiger partial charge in [-0.3, -0.25) is 4.90 Å². The first-order valence-corrected chi connectivity index (χ1v) is 11.9. The fourth-order valence-corrected chi connectivity index (χ4v) is 5.70. The zero-order chi connectivity index (χ0) is 26.3. The molecule has 0 saturated carbocycles. The molecule has 0 aliphatic carbocycles. The highest BCUT2D eigenvalue weighted by molar-refractivity contribution is 5.79. The van der Waals surface area contributed by atoms with Gasteiger partial charge < -0.3 is 4.98 Å². The molecule has 1 N–H and O–H groups in total. The van der Waals surface area contributed by atoms with Crippen molar-refractivity contribution in [2.45, 2.75) is 69.4 Å². The number of likely N-dealkylation sites (tertiary alicyclic amines) is 1. The Kier molecular flexibility index (Phi) is 6.98. The Morgan fingerprint density at radius 2 is 1.78 bits per heavy atom. The smallest absolute Gasteiger partial charge is 0.345 e. The molecule has 3 nitrogen and oxygen atoms in total. The number of imidazole rings is 1. The Bertz CT molecular complexity index is 1210. The van der Waals surface area contributed by atoms with E-state index in [9.17, 15) is 26.3 Å². The van der Waals surface area contributed by atoms with Crippen LogP contribution in [-0.2, 0) is 24.2 Å². The molecule has 2 heterocycles. The summed E-state index contributed by atoms with van der Waals surface area (Å²) in [4.78, 5) is 8.90. The number of aromatic amines is 1. The Hall–Kier alpha value is -2.81. The fourth-order valence-electron chi connectivity index (χ4n) is 5.70. The number of fused-ring (bicyclic) bond motifs is 1.